The molecule has 0 spiro atoms. The summed E-state index contributed by atoms with van der Waals surface area (Å²) >= 11 is 0. The molecular weight excluding hydrogens is 1130 g/mol. The molecule has 448 valence electrons. The van der Waals surface area contributed by atoms with Gasteiger partial charge in [0.2, 0.25) is 5.91 Å². The molecule has 8 aromatic rings. The summed E-state index contributed by atoms with van der Waals surface area (Å²) in [5.41, 5.74) is 10.0. The quantitative estimate of drug-likeness (QED) is 0.0247. The zero-order valence-electron chi connectivity index (χ0n) is 46.1. The number of aromatic nitrogens is 4. The Balaban J connectivity index is 0.000000286. The molecule has 1 amide bonds. The van der Waals surface area contributed by atoms with Crippen molar-refractivity contribution in [3.05, 3.63) is 132 Å². The zero-order valence-corrected chi connectivity index (χ0v) is 47.8. The third kappa shape index (κ3) is 18.1. The van der Waals surface area contributed by atoms with Gasteiger partial charge in [0.1, 0.15) is 11.5 Å². The molecule has 0 radical (unpaired) electrons. The minimum Gasteiger partial charge on any atom is -0.497 e. The van der Waals surface area contributed by atoms with Gasteiger partial charge in [-0.15, -0.1) is 0 Å². The number of aliphatic hydroxyl groups excluding tert-OH is 2. The van der Waals surface area contributed by atoms with Crippen LogP contribution in [0.25, 0.3) is 22.1 Å². The number of hydrogen-bond acceptors (Lipinski definition) is 21. The maximum Gasteiger partial charge on any atom is 0.300 e. The minimum absolute atomic E-state index is 0. The number of ether oxygens (including phenoxy) is 6. The molecule has 0 unspecified atom stereocenters. The number of carboxylic acid groups (broad SMARTS) is 1. The van der Waals surface area contributed by atoms with Crippen LogP contribution in [0.1, 0.15) is 45.2 Å². The van der Waals surface area contributed by atoms with Crippen molar-refractivity contribution in [1.29, 1.82) is 0 Å². The van der Waals surface area contributed by atoms with Crippen LogP contribution in [-0.2, 0) is 42.7 Å². The Bertz CT molecular complexity index is 3730. The largest absolute Gasteiger partial charge is 0.497 e. The van der Waals surface area contributed by atoms with E-state index in [4.69, 9.17) is 44.1 Å². The normalized spacial score (nSPS) is 10.8. The fourth-order valence-electron chi connectivity index (χ4n) is 7.42. The maximum atomic E-state index is 13.4. The molecule has 0 aliphatic rings. The topological polar surface area (TPSA) is 356 Å². The van der Waals surface area contributed by atoms with Gasteiger partial charge >= 0.3 is 0 Å². The van der Waals surface area contributed by atoms with E-state index in [0.29, 0.717) is 87.3 Å². The Morgan fingerprint density at radius 2 is 0.893 bits per heavy atom. The van der Waals surface area contributed by atoms with E-state index in [2.05, 4.69) is 45.3 Å². The number of sulfonamides is 2. The van der Waals surface area contributed by atoms with Gasteiger partial charge in [-0.05, 0) is 59.7 Å². The second-order valence-electron chi connectivity index (χ2n) is 17.5. The van der Waals surface area contributed by atoms with E-state index in [9.17, 15) is 31.8 Å². The lowest BCUT2D eigenvalue weighted by atomic mass is 10.2. The number of amides is 1. The number of carboxylic acids is 1. The van der Waals surface area contributed by atoms with Crippen LogP contribution in [0.5, 0.6) is 34.5 Å². The SMILES string of the molecule is C.CC(=O)O.COc1cc(Nc2nc3ccccc3nc2NS(=O)(=O)c2ccc(CN)cc2)c(OCCCO)c(OC)c1.COc1cc(Nc2nc3ccccc3nc2NS(=O)(=O)c2ccc(CNC(C)=O)cc2)c(OCCCO)c(OC)c1. The molecule has 84 heavy (non-hydrogen) atoms. The highest BCUT2D eigenvalue weighted by atomic mass is 32.2. The van der Waals surface area contributed by atoms with Gasteiger partial charge in [-0.2, -0.15) is 0 Å². The van der Waals surface area contributed by atoms with E-state index in [1.54, 1.807) is 91.0 Å². The molecule has 0 saturated carbocycles. The monoisotopic (exact) mass is 1200 g/mol. The Kier molecular flexibility index (Phi) is 24.4. The molecule has 27 heteroatoms. The van der Waals surface area contributed by atoms with Gasteiger partial charge in [0, 0.05) is 77.3 Å². The number of nitrogens with two attached hydrogens (primary N) is 1. The van der Waals surface area contributed by atoms with E-state index >= 15 is 0 Å². The van der Waals surface area contributed by atoms with Crippen molar-refractivity contribution in [2.24, 2.45) is 5.73 Å². The van der Waals surface area contributed by atoms with Gasteiger partial charge in [0.25, 0.3) is 26.0 Å². The molecule has 2 aromatic heterocycles. The molecule has 8 rings (SSSR count). The molecule has 0 fully saturated rings. The molecule has 0 aliphatic heterocycles. The number of methoxy groups -OCH3 is 4. The predicted octanol–water partition coefficient (Wildman–Crippen LogP) is 7.73. The van der Waals surface area contributed by atoms with Crippen LogP contribution in [0, 0.1) is 0 Å². The second kappa shape index (κ2) is 31.2. The molecule has 2 heterocycles. The second-order valence-corrected chi connectivity index (χ2v) is 20.8. The van der Waals surface area contributed by atoms with Crippen LogP contribution in [-0.4, -0.2) is 119 Å². The van der Waals surface area contributed by atoms with Crippen molar-refractivity contribution in [3.8, 4) is 34.5 Å². The van der Waals surface area contributed by atoms with Crippen LogP contribution in [0.3, 0.4) is 0 Å². The number of aliphatic carboxylic acids is 1. The van der Waals surface area contributed by atoms with E-state index in [0.717, 1.165) is 18.1 Å². The van der Waals surface area contributed by atoms with E-state index in [-0.39, 0.29) is 79.4 Å². The lowest BCUT2D eigenvalue weighted by Gasteiger charge is -2.19. The number of benzene rings is 6. The smallest absolute Gasteiger partial charge is 0.300 e. The van der Waals surface area contributed by atoms with Crippen molar-refractivity contribution in [1.82, 2.24) is 25.3 Å². The highest BCUT2D eigenvalue weighted by molar-refractivity contribution is 7.93. The van der Waals surface area contributed by atoms with E-state index in [1.165, 1.54) is 59.6 Å². The predicted molar refractivity (Wildman–Crippen MR) is 319 cm³/mol. The first-order valence-electron chi connectivity index (χ1n) is 25.3. The number of carbonyl (C=O) groups excluding carboxylic acids is 1. The summed E-state index contributed by atoms with van der Waals surface area (Å²) in [6.45, 7) is 3.38. The summed E-state index contributed by atoms with van der Waals surface area (Å²) in [5.74, 6) is 1.47. The number of hydrogen-bond donors (Lipinski definition) is 9. The highest BCUT2D eigenvalue weighted by Gasteiger charge is 2.24. The molecule has 0 saturated heterocycles. The van der Waals surface area contributed by atoms with Crippen molar-refractivity contribution in [3.63, 3.8) is 0 Å². The highest BCUT2D eigenvalue weighted by Crippen LogP contribution is 2.43. The van der Waals surface area contributed by atoms with Crippen LogP contribution >= 0.6 is 0 Å². The Hall–Kier alpha value is -9.28. The number of fused-ring (bicyclic) bond motifs is 2. The minimum atomic E-state index is -4.09. The van der Waals surface area contributed by atoms with Crippen molar-refractivity contribution < 1.29 is 70.2 Å². The third-order valence-electron chi connectivity index (χ3n) is 11.4. The number of para-hydroxylation sites is 4. The summed E-state index contributed by atoms with van der Waals surface area (Å²) in [7, 11) is -2.12. The van der Waals surface area contributed by atoms with E-state index in [1.807, 2.05) is 6.07 Å². The van der Waals surface area contributed by atoms with Gasteiger partial charge in [0.05, 0.1) is 84.9 Å². The summed E-state index contributed by atoms with van der Waals surface area (Å²) in [5, 5.41) is 34.8. The fourth-order valence-corrected chi connectivity index (χ4v) is 9.43. The van der Waals surface area contributed by atoms with Crippen molar-refractivity contribution in [2.75, 3.05) is 74.9 Å². The van der Waals surface area contributed by atoms with Crippen LogP contribution in [0.15, 0.2) is 131 Å². The first kappa shape index (κ1) is 65.5. The molecule has 0 bridgehead atoms. The number of nitrogens with one attached hydrogen (secondary N) is 5. The van der Waals surface area contributed by atoms with Gasteiger partial charge in [0.15, 0.2) is 46.3 Å². The summed E-state index contributed by atoms with van der Waals surface area (Å²) < 4.78 is 92.0. The summed E-state index contributed by atoms with van der Waals surface area (Å²) in [6, 6.07) is 33.1. The van der Waals surface area contributed by atoms with Gasteiger partial charge in [-0.1, -0.05) is 56.0 Å². The molecule has 0 atom stereocenters. The summed E-state index contributed by atoms with van der Waals surface area (Å²) in [4.78, 5) is 38.6. The molecule has 10 N–H and O–H groups in total. The van der Waals surface area contributed by atoms with Gasteiger partial charge < -0.3 is 65.4 Å². The first-order valence-corrected chi connectivity index (χ1v) is 28.3. The molecule has 25 nitrogen and oxygen atoms in total. The van der Waals surface area contributed by atoms with Crippen molar-refractivity contribution >= 4 is 88.6 Å². The van der Waals surface area contributed by atoms with Crippen LogP contribution < -0.4 is 59.5 Å². The lowest BCUT2D eigenvalue weighted by Crippen LogP contribution is -2.19. The summed E-state index contributed by atoms with van der Waals surface area (Å²) in [6.07, 6.45) is 0.789. The Labute approximate surface area is 486 Å². The standard InChI is InChI=1S/C28H31N5O7S.C26H29N5O6S.C2H4O2.CH4/c1-18(35)29-17-19-9-11-21(12-10-19)41(36,37)33-28-27(30-22-7-4-5-8-23(22)31-28)32-24-15-20(38-2)16-25(39-3)26(24)40-14-6-13-34;1-35-18-14-22(24(23(15-18)36-2)37-13-5-12-32)30-25-26(29-21-7-4-3-6-20(21)28-25)31-38(33,34)19-10-8-17(16-27)9-11-19;1-2(3)4;/h4-5,7-12,15-16,34H,6,13-14,17H2,1-3H3,(H,29,35)(H,30,32)(H,31,33);3-4,6-11,14-15,32H,5,12-13,16,27H2,1-2H3,(H,28,30)(H,29,31);1H3,(H,3,4);1H4. The van der Waals surface area contributed by atoms with Crippen molar-refractivity contribution in [2.45, 2.75) is 57.0 Å². The van der Waals surface area contributed by atoms with Gasteiger partial charge in [-0.25, -0.2) is 36.8 Å². The number of nitrogens with zero attached hydrogens (tertiary/aromatic N) is 4. The van der Waals surface area contributed by atoms with Gasteiger partial charge in [-0.3, -0.25) is 19.0 Å². The number of carbonyl (C=O) groups is 2. The number of anilines is 6. The lowest BCUT2D eigenvalue weighted by molar-refractivity contribution is -0.134. The third-order valence-corrected chi connectivity index (χ3v) is 14.1. The number of rotatable bonds is 25. The first-order chi connectivity index (χ1) is 39.8. The Morgan fingerprint density at radius 1 is 0.536 bits per heavy atom. The Morgan fingerprint density at radius 3 is 1.21 bits per heavy atom. The zero-order chi connectivity index (χ0) is 60.1. The molecule has 6 aromatic carbocycles. The average molecular weight is 1200 g/mol. The maximum absolute atomic E-state index is 13.4. The van der Waals surface area contributed by atoms with Crippen LogP contribution in [0.2, 0.25) is 0 Å². The molecule has 0 aliphatic carbocycles. The van der Waals surface area contributed by atoms with E-state index < -0.39 is 26.0 Å². The fraction of sp³-hybridized carbons (Fsp3) is 0.263. The molecular formula is C57H68N10O15S2. The van der Waals surface area contributed by atoms with Crippen LogP contribution in [0.4, 0.5) is 34.6 Å². The average Bonchev–Trinajstić information content (AvgIpc) is 2.05. The number of aliphatic hydroxyl groups is 2.